The van der Waals surface area contributed by atoms with Crippen molar-refractivity contribution in [1.82, 2.24) is 5.32 Å². The standard InChI is InChI=1S/C12H17N3O3/c1-7(2)14-12(18)15(3)10-5-4-8(13)6-9(10)11(16)17/h4-7H,13H2,1-3H3,(H,14,18)(H,16,17). The van der Waals surface area contributed by atoms with Crippen molar-refractivity contribution in [3.63, 3.8) is 0 Å². The number of carbonyl (C=O) groups is 2. The first-order chi connectivity index (χ1) is 8.32. The topological polar surface area (TPSA) is 95.7 Å². The first kappa shape index (κ1) is 13.8. The Labute approximate surface area is 105 Å². The molecule has 0 aliphatic rings. The fraction of sp³-hybridized carbons (Fsp3) is 0.333. The quantitative estimate of drug-likeness (QED) is 0.710. The van der Waals surface area contributed by atoms with Gasteiger partial charge in [0.05, 0.1) is 11.3 Å². The smallest absolute Gasteiger partial charge is 0.337 e. The lowest BCUT2D eigenvalue weighted by Gasteiger charge is -2.21. The largest absolute Gasteiger partial charge is 0.478 e. The van der Waals surface area contributed by atoms with Gasteiger partial charge in [-0.3, -0.25) is 4.90 Å². The lowest BCUT2D eigenvalue weighted by Crippen LogP contribution is -2.41. The third-order valence-corrected chi connectivity index (χ3v) is 2.33. The van der Waals surface area contributed by atoms with Gasteiger partial charge in [0.25, 0.3) is 0 Å². The molecule has 0 saturated carbocycles. The summed E-state index contributed by atoms with van der Waals surface area (Å²) in [5, 5.41) is 11.8. The number of hydrogen-bond acceptors (Lipinski definition) is 3. The Morgan fingerprint density at radius 3 is 2.50 bits per heavy atom. The number of anilines is 2. The van der Waals surface area contributed by atoms with Crippen LogP contribution in [0.25, 0.3) is 0 Å². The van der Waals surface area contributed by atoms with Gasteiger partial charge in [-0.05, 0) is 32.0 Å². The van der Waals surface area contributed by atoms with Crippen LogP contribution in [0.5, 0.6) is 0 Å². The van der Waals surface area contributed by atoms with Gasteiger partial charge in [0.15, 0.2) is 0 Å². The summed E-state index contributed by atoms with van der Waals surface area (Å²) in [6, 6.07) is 4.01. The molecule has 0 bridgehead atoms. The van der Waals surface area contributed by atoms with Gasteiger partial charge < -0.3 is 16.2 Å². The molecule has 0 spiro atoms. The van der Waals surface area contributed by atoms with Gasteiger partial charge in [-0.25, -0.2) is 9.59 Å². The molecule has 2 amide bonds. The molecule has 0 atom stereocenters. The van der Waals surface area contributed by atoms with E-state index in [4.69, 9.17) is 10.8 Å². The minimum absolute atomic E-state index is 0.00333. The molecule has 6 heteroatoms. The average molecular weight is 251 g/mol. The molecular weight excluding hydrogens is 234 g/mol. The van der Waals surface area contributed by atoms with Crippen molar-refractivity contribution in [3.8, 4) is 0 Å². The summed E-state index contributed by atoms with van der Waals surface area (Å²) in [4.78, 5) is 24.2. The fourth-order valence-corrected chi connectivity index (χ4v) is 1.47. The average Bonchev–Trinajstić information content (AvgIpc) is 2.26. The van der Waals surface area contributed by atoms with E-state index in [1.807, 2.05) is 13.8 Å². The van der Waals surface area contributed by atoms with Gasteiger partial charge in [0.1, 0.15) is 0 Å². The molecular formula is C12H17N3O3. The minimum Gasteiger partial charge on any atom is -0.478 e. The molecule has 0 aromatic heterocycles. The number of benzene rings is 1. The summed E-state index contributed by atoms with van der Waals surface area (Å²) < 4.78 is 0. The molecule has 0 unspecified atom stereocenters. The first-order valence-corrected chi connectivity index (χ1v) is 5.50. The van der Waals surface area contributed by atoms with E-state index in [1.54, 1.807) is 6.07 Å². The third kappa shape index (κ3) is 3.13. The Morgan fingerprint density at radius 2 is 2.00 bits per heavy atom. The van der Waals surface area contributed by atoms with Crippen LogP contribution in [0.3, 0.4) is 0 Å². The minimum atomic E-state index is -1.12. The van der Waals surface area contributed by atoms with Crippen molar-refractivity contribution in [1.29, 1.82) is 0 Å². The van der Waals surface area contributed by atoms with E-state index in [1.165, 1.54) is 24.1 Å². The van der Waals surface area contributed by atoms with Crippen LogP contribution in [0.2, 0.25) is 0 Å². The molecule has 0 radical (unpaired) electrons. The Kier molecular flexibility index (Phi) is 4.14. The van der Waals surface area contributed by atoms with Gasteiger partial charge in [-0.15, -0.1) is 0 Å². The zero-order valence-corrected chi connectivity index (χ0v) is 10.6. The van der Waals surface area contributed by atoms with Gasteiger partial charge in [-0.2, -0.15) is 0 Å². The molecule has 4 N–H and O–H groups in total. The van der Waals surface area contributed by atoms with Crippen molar-refractivity contribution in [2.75, 3.05) is 17.7 Å². The van der Waals surface area contributed by atoms with Gasteiger partial charge in [0.2, 0.25) is 0 Å². The van der Waals surface area contributed by atoms with Crippen LogP contribution in [0.15, 0.2) is 18.2 Å². The van der Waals surface area contributed by atoms with Gasteiger partial charge in [0, 0.05) is 18.8 Å². The van der Waals surface area contributed by atoms with E-state index in [0.717, 1.165) is 0 Å². The van der Waals surface area contributed by atoms with Crippen LogP contribution in [-0.2, 0) is 0 Å². The number of amides is 2. The second kappa shape index (κ2) is 5.39. The molecule has 1 rings (SSSR count). The molecule has 18 heavy (non-hydrogen) atoms. The van der Waals surface area contributed by atoms with Crippen LogP contribution >= 0.6 is 0 Å². The van der Waals surface area contributed by atoms with Crippen molar-refractivity contribution < 1.29 is 14.7 Å². The second-order valence-electron chi connectivity index (χ2n) is 4.24. The molecule has 0 saturated heterocycles. The number of hydrogen-bond donors (Lipinski definition) is 3. The molecule has 0 heterocycles. The Bertz CT molecular complexity index is 472. The molecule has 0 fully saturated rings. The van der Waals surface area contributed by atoms with Crippen molar-refractivity contribution in [2.24, 2.45) is 0 Å². The number of nitrogens with two attached hydrogens (primary N) is 1. The van der Waals surface area contributed by atoms with E-state index in [0.29, 0.717) is 11.4 Å². The van der Waals surface area contributed by atoms with E-state index in [9.17, 15) is 9.59 Å². The summed E-state index contributed by atoms with van der Waals surface area (Å²) in [5.74, 6) is -1.12. The fourth-order valence-electron chi connectivity index (χ4n) is 1.47. The van der Waals surface area contributed by atoms with Crippen LogP contribution in [0.4, 0.5) is 16.2 Å². The van der Waals surface area contributed by atoms with E-state index >= 15 is 0 Å². The number of rotatable bonds is 3. The maximum absolute atomic E-state index is 11.8. The zero-order valence-electron chi connectivity index (χ0n) is 10.6. The van der Waals surface area contributed by atoms with Crippen LogP contribution in [0.1, 0.15) is 24.2 Å². The zero-order chi connectivity index (χ0) is 13.9. The van der Waals surface area contributed by atoms with E-state index in [-0.39, 0.29) is 17.6 Å². The van der Waals surface area contributed by atoms with E-state index in [2.05, 4.69) is 5.32 Å². The summed E-state index contributed by atoms with van der Waals surface area (Å²) in [6.07, 6.45) is 0. The maximum atomic E-state index is 11.8. The molecule has 1 aromatic rings. The maximum Gasteiger partial charge on any atom is 0.337 e. The number of aromatic carboxylic acids is 1. The highest BCUT2D eigenvalue weighted by atomic mass is 16.4. The predicted molar refractivity (Wildman–Crippen MR) is 69.9 cm³/mol. The highest BCUT2D eigenvalue weighted by Crippen LogP contribution is 2.22. The Hall–Kier alpha value is -2.24. The molecule has 6 nitrogen and oxygen atoms in total. The normalized spacial score (nSPS) is 10.2. The number of urea groups is 1. The number of nitrogen functional groups attached to an aromatic ring is 1. The monoisotopic (exact) mass is 251 g/mol. The van der Waals surface area contributed by atoms with Gasteiger partial charge >= 0.3 is 12.0 Å². The summed E-state index contributed by atoms with van der Waals surface area (Å²) in [5.41, 5.74) is 6.18. The summed E-state index contributed by atoms with van der Waals surface area (Å²) in [6.45, 7) is 3.65. The molecule has 0 aliphatic heterocycles. The van der Waals surface area contributed by atoms with Crippen LogP contribution in [0, 0.1) is 0 Å². The first-order valence-electron chi connectivity index (χ1n) is 5.50. The Balaban J connectivity index is 3.09. The molecule has 0 aliphatic carbocycles. The Morgan fingerprint density at radius 1 is 1.39 bits per heavy atom. The lowest BCUT2D eigenvalue weighted by molar-refractivity contribution is 0.0698. The summed E-state index contributed by atoms with van der Waals surface area (Å²) >= 11 is 0. The van der Waals surface area contributed by atoms with Crippen molar-refractivity contribution >= 4 is 23.4 Å². The van der Waals surface area contributed by atoms with Gasteiger partial charge in [-0.1, -0.05) is 0 Å². The van der Waals surface area contributed by atoms with Crippen molar-refractivity contribution in [2.45, 2.75) is 19.9 Å². The number of nitrogens with one attached hydrogen (secondary N) is 1. The highest BCUT2D eigenvalue weighted by Gasteiger charge is 2.18. The highest BCUT2D eigenvalue weighted by molar-refractivity contribution is 6.01. The summed E-state index contributed by atoms with van der Waals surface area (Å²) in [7, 11) is 1.51. The predicted octanol–water partition coefficient (Wildman–Crippen LogP) is 1.52. The van der Waals surface area contributed by atoms with E-state index < -0.39 is 5.97 Å². The van der Waals surface area contributed by atoms with Crippen LogP contribution < -0.4 is 16.0 Å². The second-order valence-corrected chi connectivity index (χ2v) is 4.24. The number of carboxylic acids is 1. The molecule has 98 valence electrons. The van der Waals surface area contributed by atoms with Crippen molar-refractivity contribution in [3.05, 3.63) is 23.8 Å². The SMILES string of the molecule is CC(C)NC(=O)N(C)c1ccc(N)cc1C(=O)O. The third-order valence-electron chi connectivity index (χ3n) is 2.33. The number of carbonyl (C=O) groups excluding carboxylic acids is 1. The van der Waals surface area contributed by atoms with Crippen LogP contribution in [-0.4, -0.2) is 30.2 Å². The lowest BCUT2D eigenvalue weighted by atomic mass is 10.1. The molecule has 1 aromatic carbocycles. The number of carboxylic acid groups (broad SMARTS) is 1. The number of nitrogens with zero attached hydrogens (tertiary/aromatic N) is 1.